The van der Waals surface area contributed by atoms with Gasteiger partial charge in [0.25, 0.3) is 0 Å². The van der Waals surface area contributed by atoms with Crippen LogP contribution in [0.5, 0.6) is 17.2 Å². The Hall–Kier alpha value is -6.55. The Labute approximate surface area is 364 Å². The number of imidazole rings is 1. The molecule has 1 fully saturated rings. The Morgan fingerprint density at radius 2 is 1.41 bits per heavy atom. The van der Waals surface area contributed by atoms with Gasteiger partial charge in [-0.2, -0.15) is 4.31 Å². The smallest absolute Gasteiger partial charge is 0.407 e. The third kappa shape index (κ3) is 9.17. The van der Waals surface area contributed by atoms with E-state index in [1.54, 1.807) is 86.4 Å². The van der Waals surface area contributed by atoms with Crippen molar-refractivity contribution in [2.75, 3.05) is 45.9 Å². The molecule has 2 aromatic heterocycles. The number of rotatable bonds is 16. The van der Waals surface area contributed by atoms with Crippen molar-refractivity contribution in [2.24, 2.45) is 0 Å². The van der Waals surface area contributed by atoms with Crippen LogP contribution in [0.15, 0.2) is 107 Å². The average molecular weight is 899 g/mol. The number of anilines is 1. The first kappa shape index (κ1) is 43.1. The molecule has 21 heteroatoms. The number of aromatic nitrogens is 6. The number of nitrogens with one attached hydrogen (secondary N) is 1. The second-order valence-corrected chi connectivity index (χ2v) is 18.7. The van der Waals surface area contributed by atoms with E-state index in [0.717, 1.165) is 16.2 Å². The third-order valence-corrected chi connectivity index (χ3v) is 14.7. The van der Waals surface area contributed by atoms with Crippen molar-refractivity contribution in [1.29, 1.82) is 0 Å². The molecule has 1 atom stereocenters. The van der Waals surface area contributed by atoms with Crippen molar-refractivity contribution in [3.8, 4) is 28.6 Å². The highest BCUT2D eigenvalue weighted by atomic mass is 32.2. The number of amides is 1. The van der Waals surface area contributed by atoms with Crippen LogP contribution in [0.1, 0.15) is 28.8 Å². The third-order valence-electron chi connectivity index (χ3n) is 11.2. The summed E-state index contributed by atoms with van der Waals surface area (Å²) >= 11 is 0. The number of hydrogen-bond donors (Lipinski definition) is 2. The van der Waals surface area contributed by atoms with E-state index in [2.05, 4.69) is 25.2 Å². The van der Waals surface area contributed by atoms with Gasteiger partial charge in [0.2, 0.25) is 20.0 Å². The Morgan fingerprint density at radius 1 is 0.810 bits per heavy atom. The highest BCUT2D eigenvalue weighted by Crippen LogP contribution is 2.43. The lowest BCUT2D eigenvalue weighted by Gasteiger charge is -2.33. The molecule has 63 heavy (non-hydrogen) atoms. The SMILES string of the molecule is COc1ccc(CN(Cc2ccc(OC)cc2)S(=O)(=O)c2c(S(=O)(=O)N[C@@H]3CCN(C(=O)O)C3)ccc(N3CCn4cncc4C3)c2-c2nnnn2Cc2ccc(OC)cc2)cc1. The molecule has 2 aliphatic heterocycles. The first-order valence-corrected chi connectivity index (χ1v) is 22.9. The maximum Gasteiger partial charge on any atom is 0.407 e. The Balaban J connectivity index is 1.36. The summed E-state index contributed by atoms with van der Waals surface area (Å²) in [6.07, 6.45) is 2.45. The average Bonchev–Trinajstić information content (AvgIpc) is 4.08. The number of carbonyl (C=O) groups is 1. The summed E-state index contributed by atoms with van der Waals surface area (Å²) in [4.78, 5) is 18.1. The van der Waals surface area contributed by atoms with Crippen molar-refractivity contribution < 1.29 is 40.9 Å². The van der Waals surface area contributed by atoms with Crippen LogP contribution < -0.4 is 23.8 Å². The number of benzene rings is 4. The summed E-state index contributed by atoms with van der Waals surface area (Å²) in [6, 6.07) is 23.1. The van der Waals surface area contributed by atoms with E-state index in [4.69, 9.17) is 14.2 Å². The van der Waals surface area contributed by atoms with E-state index in [9.17, 15) is 18.3 Å². The van der Waals surface area contributed by atoms with Crippen LogP contribution in [-0.2, 0) is 52.8 Å². The van der Waals surface area contributed by atoms with Gasteiger partial charge in [0.05, 0.1) is 52.0 Å². The predicted octanol–water partition coefficient (Wildman–Crippen LogP) is 4.05. The van der Waals surface area contributed by atoms with Crippen molar-refractivity contribution in [2.45, 2.75) is 55.0 Å². The van der Waals surface area contributed by atoms with Crippen LogP contribution in [0.25, 0.3) is 11.4 Å². The van der Waals surface area contributed by atoms with Gasteiger partial charge in [-0.3, -0.25) is 0 Å². The van der Waals surface area contributed by atoms with Gasteiger partial charge in [0.1, 0.15) is 27.0 Å². The van der Waals surface area contributed by atoms with Gasteiger partial charge < -0.3 is 33.7 Å². The molecule has 4 aromatic carbocycles. The van der Waals surface area contributed by atoms with Crippen molar-refractivity contribution in [3.63, 3.8) is 0 Å². The lowest BCUT2D eigenvalue weighted by Crippen LogP contribution is -2.40. The standard InChI is InChI=1S/C42H46N10O9S2/c1-59-34-10-4-29(5-11-34)23-51(24-30-6-12-35(60-2)13-7-30)63(57,58)40-38(62(55,56)45-32-18-19-49(26-32)42(53)54)17-16-37(48-20-21-50-28-43-22-33(50)27-48)39(40)41-44-46-47-52(41)25-31-8-14-36(61-3)15-9-31/h4-17,22,28,32,45H,18-21,23-27H2,1-3H3,(H,53,54)/t32-/m1/s1. The molecule has 1 saturated heterocycles. The van der Waals surface area contributed by atoms with E-state index in [0.29, 0.717) is 53.7 Å². The van der Waals surface area contributed by atoms with Crippen LogP contribution in [0.4, 0.5) is 10.5 Å². The summed E-state index contributed by atoms with van der Waals surface area (Å²) in [6.45, 7) is 0.945. The molecule has 6 aromatic rings. The minimum atomic E-state index is -4.89. The lowest BCUT2D eigenvalue weighted by atomic mass is 10.1. The minimum absolute atomic E-state index is 0.00212. The first-order chi connectivity index (χ1) is 30.4. The fraction of sp³-hybridized carbons (Fsp3) is 0.310. The molecule has 0 saturated carbocycles. The van der Waals surface area contributed by atoms with Gasteiger partial charge in [0, 0.05) is 57.2 Å². The number of likely N-dealkylation sites (tertiary alicyclic amines) is 1. The van der Waals surface area contributed by atoms with Gasteiger partial charge in [-0.05, 0) is 82.1 Å². The molecule has 19 nitrogen and oxygen atoms in total. The van der Waals surface area contributed by atoms with Crippen LogP contribution in [0, 0.1) is 0 Å². The molecule has 4 heterocycles. The van der Waals surface area contributed by atoms with Crippen LogP contribution >= 0.6 is 0 Å². The number of carboxylic acid groups (broad SMARTS) is 1. The Kier molecular flexibility index (Phi) is 12.3. The van der Waals surface area contributed by atoms with Crippen molar-refractivity contribution >= 4 is 31.8 Å². The fourth-order valence-electron chi connectivity index (χ4n) is 7.82. The lowest BCUT2D eigenvalue weighted by molar-refractivity contribution is 0.155. The zero-order valence-electron chi connectivity index (χ0n) is 34.7. The van der Waals surface area contributed by atoms with Gasteiger partial charge in [0.15, 0.2) is 5.82 Å². The van der Waals surface area contributed by atoms with Crippen molar-refractivity contribution in [3.05, 3.63) is 120 Å². The van der Waals surface area contributed by atoms with Crippen LogP contribution in [0.2, 0.25) is 0 Å². The normalized spacial score (nSPS) is 15.4. The first-order valence-electron chi connectivity index (χ1n) is 19.9. The summed E-state index contributed by atoms with van der Waals surface area (Å²) in [7, 11) is -4.99. The maximum atomic E-state index is 16.1. The number of tetrazole rings is 1. The number of fused-ring (bicyclic) bond motifs is 1. The Morgan fingerprint density at radius 3 is 1.98 bits per heavy atom. The molecule has 0 radical (unpaired) electrons. The molecule has 0 unspecified atom stereocenters. The summed E-state index contributed by atoms with van der Waals surface area (Å²) in [5, 5.41) is 22.4. The molecule has 8 rings (SSSR count). The van der Waals surface area contributed by atoms with E-state index in [-0.39, 0.29) is 50.5 Å². The monoisotopic (exact) mass is 898 g/mol. The number of ether oxygens (including phenoxy) is 3. The molecule has 0 bridgehead atoms. The number of sulfonamides is 2. The topological polar surface area (TPSA) is 216 Å². The Bertz CT molecular complexity index is 2750. The van der Waals surface area contributed by atoms with Crippen molar-refractivity contribution in [1.82, 2.24) is 43.7 Å². The molecule has 0 spiro atoms. The summed E-state index contributed by atoms with van der Waals surface area (Å²) < 4.78 is 85.3. The number of hydrogen-bond acceptors (Lipinski definition) is 13. The largest absolute Gasteiger partial charge is 0.497 e. The van der Waals surface area contributed by atoms with Crippen LogP contribution in [0.3, 0.4) is 0 Å². The molecule has 2 aliphatic rings. The van der Waals surface area contributed by atoms with E-state index in [1.165, 1.54) is 29.3 Å². The highest BCUT2D eigenvalue weighted by molar-refractivity contribution is 7.92. The fourth-order valence-corrected chi connectivity index (χ4v) is 11.5. The molecule has 0 aliphatic carbocycles. The molecule has 2 N–H and O–H groups in total. The van der Waals surface area contributed by atoms with Gasteiger partial charge in [-0.1, -0.05) is 36.4 Å². The molecule has 330 valence electrons. The van der Waals surface area contributed by atoms with Gasteiger partial charge >= 0.3 is 6.09 Å². The zero-order chi connectivity index (χ0) is 44.3. The second-order valence-electron chi connectivity index (χ2n) is 15.1. The summed E-state index contributed by atoms with van der Waals surface area (Å²) in [5.41, 5.74) is 3.16. The second kappa shape index (κ2) is 18.0. The summed E-state index contributed by atoms with van der Waals surface area (Å²) in [5.74, 6) is 1.77. The number of methoxy groups -OCH3 is 3. The molecule has 1 amide bonds. The quantitative estimate of drug-likeness (QED) is 0.140. The van der Waals surface area contributed by atoms with E-state index < -0.39 is 42.0 Å². The zero-order valence-corrected chi connectivity index (χ0v) is 36.4. The molecular weight excluding hydrogens is 853 g/mol. The number of nitrogens with zero attached hydrogens (tertiary/aromatic N) is 9. The maximum absolute atomic E-state index is 16.1. The minimum Gasteiger partial charge on any atom is -0.497 e. The predicted molar refractivity (Wildman–Crippen MR) is 229 cm³/mol. The van der Waals surface area contributed by atoms with Gasteiger partial charge in [-0.25, -0.2) is 36.0 Å². The molecular formula is C42H46N10O9S2. The van der Waals surface area contributed by atoms with E-state index >= 15 is 8.42 Å². The van der Waals surface area contributed by atoms with E-state index in [1.807, 2.05) is 21.6 Å². The van der Waals surface area contributed by atoms with Gasteiger partial charge in [-0.15, -0.1) is 5.10 Å². The van der Waals surface area contributed by atoms with Crippen LogP contribution in [-0.4, -0.2) is 114 Å². The highest BCUT2D eigenvalue weighted by Gasteiger charge is 2.40.